The third kappa shape index (κ3) is 2.63. The Hall–Kier alpha value is -0.680. The van der Waals surface area contributed by atoms with Gasteiger partial charge in [-0.2, -0.15) is 5.10 Å². The zero-order valence-electron chi connectivity index (χ0n) is 8.37. The molecule has 1 rings (SSSR count). The van der Waals surface area contributed by atoms with Crippen molar-refractivity contribution in [2.24, 2.45) is 0 Å². The summed E-state index contributed by atoms with van der Waals surface area (Å²) in [5, 5.41) is 7.00. The first-order valence-corrected chi connectivity index (χ1v) is 4.84. The van der Waals surface area contributed by atoms with Crippen molar-refractivity contribution in [2.45, 2.75) is 26.4 Å². The predicted octanol–water partition coefficient (Wildman–Crippen LogP) is 1.41. The Bertz CT molecular complexity index is 312. The van der Waals surface area contributed by atoms with Crippen molar-refractivity contribution in [1.82, 2.24) is 19.7 Å². The Balaban J connectivity index is 2.87. The van der Waals surface area contributed by atoms with Crippen molar-refractivity contribution in [3.8, 4) is 0 Å². The summed E-state index contributed by atoms with van der Waals surface area (Å²) >= 11 is 5.12. The Morgan fingerprint density at radius 1 is 1.54 bits per heavy atom. The molecule has 1 N–H and O–H groups in total. The smallest absolute Gasteiger partial charge is 0.195 e. The summed E-state index contributed by atoms with van der Waals surface area (Å²) < 4.78 is 2.77. The monoisotopic (exact) mass is 200 g/mol. The van der Waals surface area contributed by atoms with Crippen LogP contribution in [0.2, 0.25) is 0 Å². The van der Waals surface area contributed by atoms with E-state index in [0.717, 1.165) is 30.1 Å². The summed E-state index contributed by atoms with van der Waals surface area (Å²) in [6.07, 6.45) is 1.08. The molecule has 0 aliphatic carbocycles. The molecule has 0 atom stereocenters. The molecule has 5 heteroatoms. The van der Waals surface area contributed by atoms with E-state index < -0.39 is 0 Å². The fourth-order valence-electron chi connectivity index (χ4n) is 1.21. The minimum atomic E-state index is 0.721. The molecule has 0 amide bonds. The van der Waals surface area contributed by atoms with Crippen LogP contribution >= 0.6 is 12.2 Å². The van der Waals surface area contributed by atoms with Gasteiger partial charge in [0.25, 0.3) is 0 Å². The maximum absolute atomic E-state index is 5.12. The van der Waals surface area contributed by atoms with Gasteiger partial charge in [-0.1, -0.05) is 6.92 Å². The highest BCUT2D eigenvalue weighted by Crippen LogP contribution is 2.01. The summed E-state index contributed by atoms with van der Waals surface area (Å²) in [4.78, 5) is 2.08. The number of nitrogens with one attached hydrogen (secondary N) is 1. The summed E-state index contributed by atoms with van der Waals surface area (Å²) in [7, 11) is 4.04. The van der Waals surface area contributed by atoms with E-state index in [2.05, 4.69) is 26.6 Å². The van der Waals surface area contributed by atoms with Gasteiger partial charge in [-0.15, -0.1) is 0 Å². The van der Waals surface area contributed by atoms with Gasteiger partial charge < -0.3 is 9.47 Å². The Kier molecular flexibility index (Phi) is 3.62. The quantitative estimate of drug-likeness (QED) is 0.747. The summed E-state index contributed by atoms with van der Waals surface area (Å²) in [6, 6.07) is 0. The van der Waals surface area contributed by atoms with Crippen LogP contribution in [-0.4, -0.2) is 33.8 Å². The highest BCUT2D eigenvalue weighted by atomic mass is 32.1. The Labute approximate surface area is 83.6 Å². The Morgan fingerprint density at radius 2 is 2.23 bits per heavy atom. The van der Waals surface area contributed by atoms with E-state index in [1.807, 2.05) is 14.1 Å². The van der Waals surface area contributed by atoms with E-state index in [1.54, 1.807) is 0 Å². The highest BCUT2D eigenvalue weighted by molar-refractivity contribution is 7.71. The SMILES string of the molecule is CCCn1c(CN(C)C)n[nH]c1=S. The lowest BCUT2D eigenvalue weighted by Crippen LogP contribution is -2.15. The average Bonchev–Trinajstić information content (AvgIpc) is 2.35. The van der Waals surface area contributed by atoms with Gasteiger partial charge in [-0.05, 0) is 32.7 Å². The topological polar surface area (TPSA) is 36.9 Å². The van der Waals surface area contributed by atoms with Crippen LogP contribution in [0.1, 0.15) is 19.2 Å². The van der Waals surface area contributed by atoms with Gasteiger partial charge >= 0.3 is 0 Å². The van der Waals surface area contributed by atoms with Crippen LogP contribution in [-0.2, 0) is 13.1 Å². The van der Waals surface area contributed by atoms with E-state index in [-0.39, 0.29) is 0 Å². The molecular weight excluding hydrogens is 184 g/mol. The molecule has 0 aliphatic rings. The van der Waals surface area contributed by atoms with Crippen LogP contribution < -0.4 is 0 Å². The molecule has 0 bridgehead atoms. The molecule has 1 aromatic rings. The molecule has 1 heterocycles. The fraction of sp³-hybridized carbons (Fsp3) is 0.750. The lowest BCUT2D eigenvalue weighted by molar-refractivity contribution is 0.379. The maximum atomic E-state index is 5.12. The Morgan fingerprint density at radius 3 is 2.77 bits per heavy atom. The van der Waals surface area contributed by atoms with Crippen molar-refractivity contribution >= 4 is 12.2 Å². The number of nitrogens with zero attached hydrogens (tertiary/aromatic N) is 3. The van der Waals surface area contributed by atoms with Gasteiger partial charge in [-0.25, -0.2) is 0 Å². The molecule has 0 radical (unpaired) electrons. The van der Waals surface area contributed by atoms with Gasteiger partial charge in [0.2, 0.25) is 0 Å². The summed E-state index contributed by atoms with van der Waals surface area (Å²) in [5.74, 6) is 1.01. The largest absolute Gasteiger partial charge is 0.303 e. The van der Waals surface area contributed by atoms with Gasteiger partial charge in [0.05, 0.1) is 6.54 Å². The van der Waals surface area contributed by atoms with Crippen molar-refractivity contribution < 1.29 is 0 Å². The number of aromatic amines is 1. The number of aromatic nitrogens is 3. The number of H-pyrrole nitrogens is 1. The molecule has 0 saturated carbocycles. The van der Waals surface area contributed by atoms with Gasteiger partial charge in [0, 0.05) is 6.54 Å². The number of hydrogen-bond acceptors (Lipinski definition) is 3. The molecule has 1 aromatic heterocycles. The molecular formula is C8H16N4S. The second-order valence-corrected chi connectivity index (χ2v) is 3.72. The molecule has 0 saturated heterocycles. The van der Waals surface area contributed by atoms with Crippen LogP contribution in [0, 0.1) is 4.77 Å². The third-order valence-corrected chi connectivity index (χ3v) is 2.05. The summed E-state index contributed by atoms with van der Waals surface area (Å²) in [5.41, 5.74) is 0. The van der Waals surface area contributed by atoms with E-state index >= 15 is 0 Å². The van der Waals surface area contributed by atoms with Crippen molar-refractivity contribution in [3.63, 3.8) is 0 Å². The first-order valence-electron chi connectivity index (χ1n) is 4.44. The van der Waals surface area contributed by atoms with Gasteiger partial charge in [-0.3, -0.25) is 5.10 Å². The lowest BCUT2D eigenvalue weighted by Gasteiger charge is -2.09. The van der Waals surface area contributed by atoms with E-state index in [9.17, 15) is 0 Å². The molecule has 0 unspecified atom stereocenters. The fourth-order valence-corrected chi connectivity index (χ4v) is 1.45. The molecule has 0 spiro atoms. The van der Waals surface area contributed by atoms with Gasteiger partial charge in [0.15, 0.2) is 4.77 Å². The zero-order chi connectivity index (χ0) is 9.84. The van der Waals surface area contributed by atoms with E-state index in [1.165, 1.54) is 0 Å². The van der Waals surface area contributed by atoms with E-state index in [0.29, 0.717) is 0 Å². The molecule has 0 fully saturated rings. The molecule has 74 valence electrons. The van der Waals surface area contributed by atoms with Crippen LogP contribution in [0.4, 0.5) is 0 Å². The highest BCUT2D eigenvalue weighted by Gasteiger charge is 2.05. The molecule has 13 heavy (non-hydrogen) atoms. The van der Waals surface area contributed by atoms with Crippen LogP contribution in [0.25, 0.3) is 0 Å². The minimum absolute atomic E-state index is 0.721. The lowest BCUT2D eigenvalue weighted by atomic mass is 10.4. The molecule has 0 aliphatic heterocycles. The van der Waals surface area contributed by atoms with Gasteiger partial charge in [0.1, 0.15) is 5.82 Å². The van der Waals surface area contributed by atoms with Crippen molar-refractivity contribution in [1.29, 1.82) is 0 Å². The second-order valence-electron chi connectivity index (χ2n) is 3.33. The normalized spacial score (nSPS) is 11.1. The maximum Gasteiger partial charge on any atom is 0.195 e. The number of rotatable bonds is 4. The predicted molar refractivity (Wildman–Crippen MR) is 55.1 cm³/mol. The zero-order valence-corrected chi connectivity index (χ0v) is 9.19. The van der Waals surface area contributed by atoms with E-state index in [4.69, 9.17) is 12.2 Å². The average molecular weight is 200 g/mol. The number of hydrogen-bond donors (Lipinski definition) is 1. The first kappa shape index (κ1) is 10.4. The van der Waals surface area contributed by atoms with Crippen molar-refractivity contribution in [3.05, 3.63) is 10.6 Å². The third-order valence-electron chi connectivity index (χ3n) is 1.74. The van der Waals surface area contributed by atoms with Crippen molar-refractivity contribution in [2.75, 3.05) is 14.1 Å². The van der Waals surface area contributed by atoms with Crippen LogP contribution in [0.15, 0.2) is 0 Å². The molecule has 0 aromatic carbocycles. The van der Waals surface area contributed by atoms with Crippen LogP contribution in [0.3, 0.4) is 0 Å². The minimum Gasteiger partial charge on any atom is -0.303 e. The first-order chi connectivity index (χ1) is 6.15. The summed E-state index contributed by atoms with van der Waals surface area (Å²) in [6.45, 7) is 3.90. The van der Waals surface area contributed by atoms with Crippen LogP contribution in [0.5, 0.6) is 0 Å². The standard InChI is InChI=1S/C8H16N4S/c1-4-5-12-7(6-11(2)3)9-10-8(12)13/h4-6H2,1-3H3,(H,10,13). The molecule has 4 nitrogen and oxygen atoms in total. The second kappa shape index (κ2) is 4.53.